The molecule has 0 bridgehead atoms. The fourth-order valence-electron chi connectivity index (χ4n) is 2.45. The minimum atomic E-state index is 1.13. The molecule has 1 aromatic carbocycles. The molecule has 0 amide bonds. The zero-order valence-electron chi connectivity index (χ0n) is 9.09. The summed E-state index contributed by atoms with van der Waals surface area (Å²) in [6.45, 7) is 0. The molecular formula is C14H14BrN. The van der Waals surface area contributed by atoms with E-state index in [-0.39, 0.29) is 0 Å². The molecule has 1 aliphatic carbocycles. The number of halogens is 1. The number of aromatic nitrogens is 1. The Morgan fingerprint density at radius 1 is 1.19 bits per heavy atom. The van der Waals surface area contributed by atoms with Crippen LogP contribution < -0.4 is 0 Å². The second-order valence-corrected chi connectivity index (χ2v) is 5.28. The summed E-state index contributed by atoms with van der Waals surface area (Å²) in [6.07, 6.45) is 9.68. The molecule has 1 N–H and O–H groups in total. The van der Waals surface area contributed by atoms with Crippen LogP contribution in [0.4, 0.5) is 0 Å². The van der Waals surface area contributed by atoms with Gasteiger partial charge >= 0.3 is 0 Å². The molecule has 0 atom stereocenters. The first-order chi connectivity index (χ1) is 7.84. The van der Waals surface area contributed by atoms with Gasteiger partial charge in [0.05, 0.1) is 0 Å². The van der Waals surface area contributed by atoms with Crippen LogP contribution in [0, 0.1) is 0 Å². The van der Waals surface area contributed by atoms with E-state index in [1.165, 1.54) is 47.7 Å². The molecule has 16 heavy (non-hydrogen) atoms. The minimum absolute atomic E-state index is 1.13. The Kier molecular flexibility index (Phi) is 2.60. The summed E-state index contributed by atoms with van der Waals surface area (Å²) in [5.41, 5.74) is 4.12. The highest BCUT2D eigenvalue weighted by Gasteiger charge is 2.10. The van der Waals surface area contributed by atoms with E-state index < -0.39 is 0 Å². The molecular weight excluding hydrogens is 262 g/mol. The number of fused-ring (bicyclic) bond motifs is 1. The lowest BCUT2D eigenvalue weighted by Gasteiger charge is -2.11. The van der Waals surface area contributed by atoms with Crippen molar-refractivity contribution in [1.29, 1.82) is 0 Å². The summed E-state index contributed by atoms with van der Waals surface area (Å²) < 4.78 is 1.13. The van der Waals surface area contributed by atoms with Crippen molar-refractivity contribution < 1.29 is 0 Å². The van der Waals surface area contributed by atoms with Gasteiger partial charge in [-0.2, -0.15) is 0 Å². The van der Waals surface area contributed by atoms with Crippen LogP contribution in [0.1, 0.15) is 31.2 Å². The lowest BCUT2D eigenvalue weighted by Crippen LogP contribution is -1.90. The van der Waals surface area contributed by atoms with E-state index >= 15 is 0 Å². The number of hydrogen-bond donors (Lipinski definition) is 1. The fourth-order valence-corrected chi connectivity index (χ4v) is 2.81. The normalized spacial score (nSPS) is 16.4. The Morgan fingerprint density at radius 3 is 2.94 bits per heavy atom. The van der Waals surface area contributed by atoms with Crippen LogP contribution in [0.25, 0.3) is 16.5 Å². The summed E-state index contributed by atoms with van der Waals surface area (Å²) in [5, 5.41) is 1.34. The number of rotatable bonds is 1. The zero-order valence-corrected chi connectivity index (χ0v) is 10.7. The second kappa shape index (κ2) is 4.10. The van der Waals surface area contributed by atoms with Gasteiger partial charge in [-0.05, 0) is 43.4 Å². The van der Waals surface area contributed by atoms with Gasteiger partial charge in [0.1, 0.15) is 0 Å². The maximum atomic E-state index is 3.50. The Hall–Kier alpha value is -1.02. The van der Waals surface area contributed by atoms with Gasteiger partial charge in [0.2, 0.25) is 0 Å². The topological polar surface area (TPSA) is 15.8 Å². The fraction of sp³-hybridized carbons (Fsp3) is 0.286. The molecule has 2 aromatic rings. The number of hydrogen-bond acceptors (Lipinski definition) is 0. The van der Waals surface area contributed by atoms with E-state index in [1.54, 1.807) is 0 Å². The highest BCUT2D eigenvalue weighted by Crippen LogP contribution is 2.32. The largest absolute Gasteiger partial charge is 0.361 e. The van der Waals surface area contributed by atoms with Gasteiger partial charge < -0.3 is 4.98 Å². The Bertz CT molecular complexity index is 551. The van der Waals surface area contributed by atoms with E-state index in [2.05, 4.69) is 51.4 Å². The zero-order chi connectivity index (χ0) is 11.0. The maximum Gasteiger partial charge on any atom is 0.0471 e. The van der Waals surface area contributed by atoms with Gasteiger partial charge in [-0.1, -0.05) is 28.1 Å². The molecule has 0 spiro atoms. The van der Waals surface area contributed by atoms with Crippen molar-refractivity contribution in [3.63, 3.8) is 0 Å². The molecule has 0 fully saturated rings. The standard InChI is InChI=1S/C14H14BrN/c15-11-6-7-12-13(9-16-14(12)8-11)10-4-2-1-3-5-10/h4,6-9,16H,1-3,5H2. The molecule has 0 unspecified atom stereocenters. The van der Waals surface area contributed by atoms with Gasteiger partial charge in [-0.3, -0.25) is 0 Å². The number of aromatic amines is 1. The molecule has 0 saturated heterocycles. The van der Waals surface area contributed by atoms with Crippen LogP contribution in [-0.2, 0) is 0 Å². The maximum absolute atomic E-state index is 3.50. The third-order valence-corrected chi connectivity index (χ3v) is 3.77. The van der Waals surface area contributed by atoms with Gasteiger partial charge in [-0.25, -0.2) is 0 Å². The Morgan fingerprint density at radius 2 is 2.12 bits per heavy atom. The van der Waals surface area contributed by atoms with Crippen molar-refractivity contribution in [3.05, 3.63) is 40.5 Å². The predicted molar refractivity (Wildman–Crippen MR) is 72.4 cm³/mol. The van der Waals surface area contributed by atoms with Crippen LogP contribution in [0.15, 0.2) is 34.9 Å². The van der Waals surface area contributed by atoms with Gasteiger partial charge in [0.15, 0.2) is 0 Å². The molecule has 1 nitrogen and oxygen atoms in total. The lowest BCUT2D eigenvalue weighted by atomic mass is 9.93. The van der Waals surface area contributed by atoms with Gasteiger partial charge in [0.25, 0.3) is 0 Å². The SMILES string of the molecule is Brc1ccc2c(C3=CCCCC3)c[nH]c2c1. The van der Waals surface area contributed by atoms with E-state index in [0.717, 1.165) is 4.47 Å². The average Bonchev–Trinajstić information content (AvgIpc) is 2.73. The number of nitrogens with one attached hydrogen (secondary N) is 1. The van der Waals surface area contributed by atoms with E-state index in [9.17, 15) is 0 Å². The second-order valence-electron chi connectivity index (χ2n) is 4.37. The molecule has 2 heteroatoms. The highest BCUT2D eigenvalue weighted by molar-refractivity contribution is 9.10. The van der Waals surface area contributed by atoms with Crippen molar-refractivity contribution in [2.75, 3.05) is 0 Å². The van der Waals surface area contributed by atoms with Gasteiger partial charge in [-0.15, -0.1) is 0 Å². The smallest absolute Gasteiger partial charge is 0.0471 e. The van der Waals surface area contributed by atoms with E-state index in [4.69, 9.17) is 0 Å². The van der Waals surface area contributed by atoms with Crippen molar-refractivity contribution in [3.8, 4) is 0 Å². The summed E-state index contributed by atoms with van der Waals surface area (Å²) in [6, 6.07) is 6.45. The van der Waals surface area contributed by atoms with E-state index in [1.807, 2.05) is 0 Å². The molecule has 1 heterocycles. The summed E-state index contributed by atoms with van der Waals surface area (Å²) >= 11 is 3.50. The predicted octanol–water partition coefficient (Wildman–Crippen LogP) is 4.89. The van der Waals surface area contributed by atoms with Crippen molar-refractivity contribution in [1.82, 2.24) is 4.98 Å². The Balaban J connectivity index is 2.13. The van der Waals surface area contributed by atoms with Crippen molar-refractivity contribution in [2.24, 2.45) is 0 Å². The quantitative estimate of drug-likeness (QED) is 0.763. The monoisotopic (exact) mass is 275 g/mol. The summed E-state index contributed by atoms with van der Waals surface area (Å²) in [4.78, 5) is 3.36. The lowest BCUT2D eigenvalue weighted by molar-refractivity contribution is 0.742. The van der Waals surface area contributed by atoms with Crippen LogP contribution in [0.3, 0.4) is 0 Å². The molecule has 82 valence electrons. The van der Waals surface area contributed by atoms with E-state index in [0.29, 0.717) is 0 Å². The number of allylic oxidation sites excluding steroid dienone is 2. The highest BCUT2D eigenvalue weighted by atomic mass is 79.9. The summed E-state index contributed by atoms with van der Waals surface area (Å²) in [7, 11) is 0. The first-order valence-electron chi connectivity index (χ1n) is 5.80. The first-order valence-corrected chi connectivity index (χ1v) is 6.60. The average molecular weight is 276 g/mol. The first kappa shape index (κ1) is 10.2. The molecule has 1 aromatic heterocycles. The molecule has 0 radical (unpaired) electrons. The molecule has 1 aliphatic rings. The molecule has 0 aliphatic heterocycles. The summed E-state index contributed by atoms with van der Waals surface area (Å²) in [5.74, 6) is 0. The van der Waals surface area contributed by atoms with Crippen LogP contribution >= 0.6 is 15.9 Å². The van der Waals surface area contributed by atoms with Crippen LogP contribution in [0.5, 0.6) is 0 Å². The van der Waals surface area contributed by atoms with Crippen LogP contribution in [0.2, 0.25) is 0 Å². The Labute approximate surface area is 104 Å². The number of benzene rings is 1. The van der Waals surface area contributed by atoms with Crippen LogP contribution in [-0.4, -0.2) is 4.98 Å². The van der Waals surface area contributed by atoms with Crippen molar-refractivity contribution in [2.45, 2.75) is 25.7 Å². The molecule has 0 saturated carbocycles. The van der Waals surface area contributed by atoms with Crippen molar-refractivity contribution >= 4 is 32.4 Å². The molecule has 3 rings (SSSR count). The third-order valence-electron chi connectivity index (χ3n) is 3.28. The minimum Gasteiger partial charge on any atom is -0.361 e. The third kappa shape index (κ3) is 1.71. The van der Waals surface area contributed by atoms with Gasteiger partial charge in [0, 0.05) is 27.1 Å². The number of H-pyrrole nitrogens is 1.